The zero-order valence-corrected chi connectivity index (χ0v) is 13.4. The van der Waals surface area contributed by atoms with Gasteiger partial charge in [0.25, 0.3) is 0 Å². The van der Waals surface area contributed by atoms with E-state index in [1.807, 2.05) is 7.05 Å². The molecule has 1 fully saturated rings. The highest BCUT2D eigenvalue weighted by Gasteiger charge is 2.47. The van der Waals surface area contributed by atoms with Gasteiger partial charge in [0.2, 0.25) is 5.91 Å². The third kappa shape index (κ3) is 4.60. The molecule has 1 aliphatic rings. The molecule has 0 saturated carbocycles. The van der Waals surface area contributed by atoms with Crippen molar-refractivity contribution in [1.29, 1.82) is 0 Å². The second-order valence-corrected chi connectivity index (χ2v) is 5.84. The summed E-state index contributed by atoms with van der Waals surface area (Å²) in [4.78, 5) is 36.0. The van der Waals surface area contributed by atoms with Crippen LogP contribution in [0.3, 0.4) is 0 Å². The minimum atomic E-state index is -0.855. The van der Waals surface area contributed by atoms with Crippen molar-refractivity contribution >= 4 is 36.2 Å². The summed E-state index contributed by atoms with van der Waals surface area (Å²) >= 11 is 0.823. The van der Waals surface area contributed by atoms with E-state index < -0.39 is 16.8 Å². The number of methoxy groups -OCH3 is 1. The summed E-state index contributed by atoms with van der Waals surface area (Å²) in [6.45, 7) is 2.79. The number of carbonyl (C=O) groups is 2. The van der Waals surface area contributed by atoms with Gasteiger partial charge in [-0.15, -0.1) is 17.3 Å². The highest BCUT2D eigenvalue weighted by Crippen LogP contribution is 2.40. The van der Waals surface area contributed by atoms with Crippen molar-refractivity contribution in [2.45, 2.75) is 30.6 Å². The summed E-state index contributed by atoms with van der Waals surface area (Å²) in [6.07, 6.45) is 1.17. The first-order chi connectivity index (χ1) is 8.95. The lowest BCUT2D eigenvalue weighted by Crippen LogP contribution is -2.58. The van der Waals surface area contributed by atoms with Crippen molar-refractivity contribution in [2.75, 3.05) is 27.2 Å². The van der Waals surface area contributed by atoms with E-state index >= 15 is 0 Å². The van der Waals surface area contributed by atoms with Crippen LogP contribution >= 0.6 is 24.4 Å². The summed E-state index contributed by atoms with van der Waals surface area (Å²) in [5, 5.41) is 2.59. The topological polar surface area (TPSA) is 88.1 Å². The molecule has 1 amide bonds. The Morgan fingerprint density at radius 3 is 2.35 bits per heavy atom. The van der Waals surface area contributed by atoms with Gasteiger partial charge in [0.15, 0.2) is 0 Å². The number of nitrogens with one attached hydrogen (secondary N) is 1. The minimum absolute atomic E-state index is 0. The minimum Gasteiger partial charge on any atom is -0.467 e. The van der Waals surface area contributed by atoms with Gasteiger partial charge in [-0.3, -0.25) is 4.79 Å². The van der Waals surface area contributed by atoms with Gasteiger partial charge in [0, 0.05) is 23.5 Å². The third-order valence-electron chi connectivity index (χ3n) is 3.36. The van der Waals surface area contributed by atoms with Gasteiger partial charge < -0.3 is 15.0 Å². The van der Waals surface area contributed by atoms with Crippen LogP contribution in [0.5, 0.6) is 0 Å². The van der Waals surface area contributed by atoms with Crippen LogP contribution in [0, 0.1) is 4.91 Å². The van der Waals surface area contributed by atoms with Crippen LogP contribution in [0.15, 0.2) is 4.58 Å². The van der Waals surface area contributed by atoms with E-state index in [0.29, 0.717) is 12.8 Å². The Labute approximate surface area is 128 Å². The predicted molar refractivity (Wildman–Crippen MR) is 79.7 cm³/mol. The van der Waals surface area contributed by atoms with Gasteiger partial charge in [-0.05, 0) is 33.0 Å². The summed E-state index contributed by atoms with van der Waals surface area (Å²) in [5.74, 6) is -0.879. The van der Waals surface area contributed by atoms with Crippen LogP contribution in [-0.4, -0.2) is 54.8 Å². The number of ether oxygens (including phenoxy) is 1. The van der Waals surface area contributed by atoms with E-state index in [4.69, 9.17) is 4.74 Å². The van der Waals surface area contributed by atoms with Gasteiger partial charge in [-0.25, -0.2) is 4.79 Å². The van der Waals surface area contributed by atoms with Crippen molar-refractivity contribution < 1.29 is 14.3 Å². The Bertz CT molecular complexity index is 362. The van der Waals surface area contributed by atoms with Crippen molar-refractivity contribution in [3.8, 4) is 0 Å². The number of hydrogen-bond donors (Lipinski definition) is 1. The largest absolute Gasteiger partial charge is 0.467 e. The maximum atomic E-state index is 11.9. The number of halogens is 1. The fraction of sp³-hybridized carbons (Fsp3) is 0.818. The molecular formula is C11H20ClN3O4S. The molecule has 0 bridgehead atoms. The van der Waals surface area contributed by atoms with Gasteiger partial charge in [0.1, 0.15) is 6.04 Å². The quantitative estimate of drug-likeness (QED) is 0.460. The lowest BCUT2D eigenvalue weighted by atomic mass is 9.88. The van der Waals surface area contributed by atoms with Crippen molar-refractivity contribution in [2.24, 2.45) is 4.58 Å². The number of rotatable bonds is 5. The Morgan fingerprint density at radius 2 is 1.95 bits per heavy atom. The van der Waals surface area contributed by atoms with Gasteiger partial charge in [0.05, 0.1) is 11.9 Å². The zero-order valence-electron chi connectivity index (χ0n) is 11.7. The number of hydrogen-bond acceptors (Lipinski definition) is 7. The Morgan fingerprint density at radius 1 is 1.40 bits per heavy atom. The molecule has 1 heterocycles. The number of esters is 1. The molecule has 116 valence electrons. The van der Waals surface area contributed by atoms with Crippen LogP contribution in [0.2, 0.25) is 0 Å². The molecule has 7 nitrogen and oxygen atoms in total. The van der Waals surface area contributed by atoms with Crippen LogP contribution in [0.1, 0.15) is 19.8 Å². The first-order valence-corrected chi connectivity index (χ1v) is 6.77. The van der Waals surface area contributed by atoms with E-state index in [9.17, 15) is 14.5 Å². The molecule has 0 aliphatic carbocycles. The fourth-order valence-corrected chi connectivity index (χ4v) is 3.00. The predicted octanol–water partition coefficient (Wildman–Crippen LogP) is 0.965. The number of amides is 1. The molecule has 9 heteroatoms. The monoisotopic (exact) mass is 325 g/mol. The van der Waals surface area contributed by atoms with Gasteiger partial charge in [-0.1, -0.05) is 0 Å². The average molecular weight is 326 g/mol. The molecule has 0 aromatic rings. The second-order valence-electron chi connectivity index (χ2n) is 4.69. The van der Waals surface area contributed by atoms with E-state index in [-0.39, 0.29) is 18.3 Å². The number of nitroso groups, excluding NO2 is 1. The van der Waals surface area contributed by atoms with E-state index in [0.717, 1.165) is 25.0 Å². The lowest BCUT2D eigenvalue weighted by Gasteiger charge is -2.41. The molecular weight excluding hydrogens is 306 g/mol. The SMILES string of the molecule is COC(=O)C(NC(C)=O)C1(SN=O)CCN(C)CC1.Cl. The molecule has 1 N–H and O–H groups in total. The molecule has 0 aromatic heterocycles. The molecule has 0 aromatic carbocycles. The lowest BCUT2D eigenvalue weighted by molar-refractivity contribution is -0.146. The standard InChI is InChI=1S/C11H19N3O4S.ClH/c1-8(15)12-9(10(16)18-3)11(19-13-17)4-6-14(2)7-5-11;/h9H,4-7H2,1-3H3,(H,12,15);1H. The first-order valence-electron chi connectivity index (χ1n) is 5.99. The normalized spacial score (nSPS) is 19.4. The molecule has 1 atom stereocenters. The number of piperidine rings is 1. The number of likely N-dealkylation sites (tertiary alicyclic amines) is 1. The zero-order chi connectivity index (χ0) is 14.5. The summed E-state index contributed by atoms with van der Waals surface area (Å²) in [5.41, 5.74) is 0. The van der Waals surface area contributed by atoms with Gasteiger partial charge in [-0.2, -0.15) is 0 Å². The van der Waals surface area contributed by atoms with Gasteiger partial charge >= 0.3 is 5.97 Å². The number of nitrogens with zero attached hydrogens (tertiary/aromatic N) is 2. The highest BCUT2D eigenvalue weighted by atomic mass is 35.5. The Kier molecular flexibility index (Phi) is 8.07. The van der Waals surface area contributed by atoms with E-state index in [1.165, 1.54) is 14.0 Å². The van der Waals surface area contributed by atoms with Crippen molar-refractivity contribution in [3.05, 3.63) is 4.91 Å². The fourth-order valence-electron chi connectivity index (χ4n) is 2.23. The first kappa shape index (κ1) is 19.1. The highest BCUT2D eigenvalue weighted by molar-refractivity contribution is 7.99. The van der Waals surface area contributed by atoms with Crippen LogP contribution in [0.4, 0.5) is 0 Å². The molecule has 1 aliphatic heterocycles. The Hall–Kier alpha value is -0.860. The maximum Gasteiger partial charge on any atom is 0.329 e. The molecule has 20 heavy (non-hydrogen) atoms. The van der Waals surface area contributed by atoms with E-state index in [2.05, 4.69) is 14.8 Å². The van der Waals surface area contributed by atoms with Crippen molar-refractivity contribution in [3.63, 3.8) is 0 Å². The molecule has 1 unspecified atom stereocenters. The summed E-state index contributed by atoms with van der Waals surface area (Å²) in [6, 6.07) is -0.855. The second kappa shape index (κ2) is 8.43. The molecule has 0 spiro atoms. The molecule has 1 rings (SSSR count). The molecule has 0 radical (unpaired) electrons. The van der Waals surface area contributed by atoms with Crippen LogP contribution < -0.4 is 5.32 Å². The Balaban J connectivity index is 0.00000361. The molecule has 1 saturated heterocycles. The smallest absolute Gasteiger partial charge is 0.329 e. The van der Waals surface area contributed by atoms with Crippen molar-refractivity contribution in [1.82, 2.24) is 10.2 Å². The average Bonchev–Trinajstić information content (AvgIpc) is 2.38. The van der Waals surface area contributed by atoms with Crippen LogP contribution in [-0.2, 0) is 14.3 Å². The van der Waals surface area contributed by atoms with E-state index in [1.54, 1.807) is 0 Å². The maximum absolute atomic E-state index is 11.9. The third-order valence-corrected chi connectivity index (χ3v) is 4.45. The number of carbonyl (C=O) groups excluding carboxylic acids is 2. The van der Waals surface area contributed by atoms with Crippen LogP contribution in [0.25, 0.3) is 0 Å². The summed E-state index contributed by atoms with van der Waals surface area (Å²) in [7, 11) is 3.23. The summed E-state index contributed by atoms with van der Waals surface area (Å²) < 4.78 is 6.90.